The zero-order chi connectivity index (χ0) is 21.8. The average molecular weight is 421 g/mol. The van der Waals surface area contributed by atoms with Crippen LogP contribution in [0.4, 0.5) is 4.39 Å². The van der Waals surface area contributed by atoms with Crippen LogP contribution in [0.3, 0.4) is 0 Å². The molecule has 0 saturated carbocycles. The van der Waals surface area contributed by atoms with E-state index in [0.29, 0.717) is 41.9 Å². The maximum atomic E-state index is 13.1. The van der Waals surface area contributed by atoms with Gasteiger partial charge in [0.15, 0.2) is 11.5 Å². The van der Waals surface area contributed by atoms with Crippen molar-refractivity contribution in [3.63, 3.8) is 0 Å². The van der Waals surface area contributed by atoms with Crippen LogP contribution in [0.15, 0.2) is 54.9 Å². The highest BCUT2D eigenvalue weighted by atomic mass is 19.1. The number of pyridine rings is 2. The summed E-state index contributed by atoms with van der Waals surface area (Å²) in [6, 6.07) is 11.4. The molecule has 0 atom stereocenters. The molecule has 0 bridgehead atoms. The molecule has 7 heteroatoms. The molecular formula is C24H24FN3O3. The lowest BCUT2D eigenvalue weighted by atomic mass is 9.90. The number of aryl methyl sites for hydroxylation is 1. The van der Waals surface area contributed by atoms with Crippen molar-refractivity contribution in [1.29, 1.82) is 0 Å². The number of carbonyl (C=O) groups excluding carboxylic acids is 1. The average Bonchev–Trinajstić information content (AvgIpc) is 2.81. The molecule has 4 rings (SSSR count). The smallest absolute Gasteiger partial charge is 0.272 e. The van der Waals surface area contributed by atoms with Gasteiger partial charge in [0.05, 0.1) is 13.3 Å². The Labute approximate surface area is 180 Å². The number of ether oxygens (including phenoxy) is 2. The summed E-state index contributed by atoms with van der Waals surface area (Å²) >= 11 is 0. The third-order valence-electron chi connectivity index (χ3n) is 5.50. The minimum absolute atomic E-state index is 0.132. The number of nitrogens with zero attached hydrogens (tertiary/aromatic N) is 3. The van der Waals surface area contributed by atoms with Crippen molar-refractivity contribution in [2.24, 2.45) is 0 Å². The number of likely N-dealkylation sites (tertiary alicyclic amines) is 1. The standard InChI is InChI=1S/C24H24FN3O3/c1-16-3-4-18(14-26-16)17-9-11-28(12-10-17)24(29)21-13-22(30-2)23(15-27-21)31-20-7-5-19(25)6-8-20/h3-8,13-15,17H,9-12H2,1-2H3. The van der Waals surface area contributed by atoms with Gasteiger partial charge in [-0.25, -0.2) is 9.37 Å². The molecule has 3 aromatic rings. The van der Waals surface area contributed by atoms with Gasteiger partial charge in [-0.3, -0.25) is 9.78 Å². The number of halogens is 1. The van der Waals surface area contributed by atoms with Gasteiger partial charge in [0, 0.05) is 31.0 Å². The van der Waals surface area contributed by atoms with Gasteiger partial charge >= 0.3 is 0 Å². The Balaban J connectivity index is 1.42. The fourth-order valence-electron chi connectivity index (χ4n) is 3.71. The van der Waals surface area contributed by atoms with Gasteiger partial charge in [-0.05, 0) is 61.6 Å². The van der Waals surface area contributed by atoms with Crippen LogP contribution in [0.1, 0.15) is 40.5 Å². The molecule has 1 amide bonds. The van der Waals surface area contributed by atoms with Crippen LogP contribution in [0, 0.1) is 12.7 Å². The monoisotopic (exact) mass is 421 g/mol. The van der Waals surface area contributed by atoms with E-state index in [0.717, 1.165) is 18.5 Å². The molecule has 1 aromatic carbocycles. The SMILES string of the molecule is COc1cc(C(=O)N2CCC(c3ccc(C)nc3)CC2)ncc1Oc1ccc(F)cc1. The van der Waals surface area contributed by atoms with E-state index >= 15 is 0 Å². The fourth-order valence-corrected chi connectivity index (χ4v) is 3.71. The molecule has 3 heterocycles. The highest BCUT2D eigenvalue weighted by Crippen LogP contribution is 2.32. The van der Waals surface area contributed by atoms with Crippen molar-refractivity contribution in [3.8, 4) is 17.2 Å². The highest BCUT2D eigenvalue weighted by molar-refractivity contribution is 5.93. The van der Waals surface area contributed by atoms with Crippen LogP contribution in [-0.2, 0) is 0 Å². The lowest BCUT2D eigenvalue weighted by molar-refractivity contribution is 0.0706. The number of rotatable bonds is 5. The van der Waals surface area contributed by atoms with E-state index in [4.69, 9.17) is 9.47 Å². The third-order valence-corrected chi connectivity index (χ3v) is 5.50. The van der Waals surface area contributed by atoms with Crippen molar-refractivity contribution in [2.45, 2.75) is 25.7 Å². The molecule has 0 N–H and O–H groups in total. The van der Waals surface area contributed by atoms with Gasteiger partial charge in [0.25, 0.3) is 5.91 Å². The van der Waals surface area contributed by atoms with E-state index in [1.165, 1.54) is 43.1 Å². The Morgan fingerprint density at radius 2 is 1.77 bits per heavy atom. The molecule has 2 aromatic heterocycles. The zero-order valence-electron chi connectivity index (χ0n) is 17.5. The lowest BCUT2D eigenvalue weighted by Crippen LogP contribution is -2.38. The zero-order valence-corrected chi connectivity index (χ0v) is 17.5. The Bertz CT molecular complexity index is 1050. The van der Waals surface area contributed by atoms with Crippen LogP contribution in [-0.4, -0.2) is 41.0 Å². The van der Waals surface area contributed by atoms with E-state index in [9.17, 15) is 9.18 Å². The van der Waals surface area contributed by atoms with Crippen molar-refractivity contribution in [3.05, 3.63) is 77.6 Å². The molecule has 6 nitrogen and oxygen atoms in total. The number of hydrogen-bond acceptors (Lipinski definition) is 5. The third kappa shape index (κ3) is 4.82. The maximum Gasteiger partial charge on any atom is 0.272 e. The number of hydrogen-bond donors (Lipinski definition) is 0. The predicted octanol–water partition coefficient (Wildman–Crippen LogP) is 4.74. The van der Waals surface area contributed by atoms with Gasteiger partial charge in [-0.15, -0.1) is 0 Å². The maximum absolute atomic E-state index is 13.1. The molecule has 1 fully saturated rings. The molecule has 31 heavy (non-hydrogen) atoms. The summed E-state index contributed by atoms with van der Waals surface area (Å²) in [6.07, 6.45) is 5.17. The molecule has 0 spiro atoms. The van der Waals surface area contributed by atoms with Gasteiger partial charge < -0.3 is 14.4 Å². The molecule has 0 unspecified atom stereocenters. The number of amides is 1. The molecule has 1 aliphatic rings. The first-order valence-corrected chi connectivity index (χ1v) is 10.2. The normalized spacial score (nSPS) is 14.4. The van der Waals surface area contributed by atoms with Crippen LogP contribution in [0.5, 0.6) is 17.2 Å². The number of piperidine rings is 1. The Kier molecular flexibility index (Phi) is 6.11. The first-order valence-electron chi connectivity index (χ1n) is 10.2. The van der Waals surface area contributed by atoms with Crippen molar-refractivity contribution in [2.75, 3.05) is 20.2 Å². The number of benzene rings is 1. The quantitative estimate of drug-likeness (QED) is 0.595. The molecule has 0 aliphatic carbocycles. The van der Waals surface area contributed by atoms with E-state index in [1.807, 2.05) is 24.1 Å². The van der Waals surface area contributed by atoms with Gasteiger partial charge in [0.2, 0.25) is 0 Å². The van der Waals surface area contributed by atoms with Crippen LogP contribution in [0.25, 0.3) is 0 Å². The molecule has 0 radical (unpaired) electrons. The molecule has 160 valence electrons. The summed E-state index contributed by atoms with van der Waals surface area (Å²) in [7, 11) is 1.50. The summed E-state index contributed by atoms with van der Waals surface area (Å²) in [5, 5.41) is 0. The van der Waals surface area contributed by atoms with E-state index in [2.05, 4.69) is 16.0 Å². The first-order chi connectivity index (χ1) is 15.0. The molecular weight excluding hydrogens is 397 g/mol. The predicted molar refractivity (Wildman–Crippen MR) is 114 cm³/mol. The van der Waals surface area contributed by atoms with Crippen LogP contribution < -0.4 is 9.47 Å². The second kappa shape index (κ2) is 9.12. The van der Waals surface area contributed by atoms with Crippen molar-refractivity contribution < 1.29 is 18.7 Å². The Hall–Kier alpha value is -3.48. The summed E-state index contributed by atoms with van der Waals surface area (Å²) < 4.78 is 24.2. The minimum atomic E-state index is -0.346. The second-order valence-electron chi connectivity index (χ2n) is 7.58. The van der Waals surface area contributed by atoms with E-state index < -0.39 is 0 Å². The molecule has 1 saturated heterocycles. The summed E-state index contributed by atoms with van der Waals surface area (Å²) in [4.78, 5) is 23.5. The van der Waals surface area contributed by atoms with Gasteiger partial charge in [0.1, 0.15) is 17.3 Å². The summed E-state index contributed by atoms with van der Waals surface area (Å²) in [5.74, 6) is 1.13. The van der Waals surface area contributed by atoms with Crippen molar-refractivity contribution in [1.82, 2.24) is 14.9 Å². The minimum Gasteiger partial charge on any atom is -0.493 e. The topological polar surface area (TPSA) is 64.5 Å². The number of aromatic nitrogens is 2. The van der Waals surface area contributed by atoms with Crippen molar-refractivity contribution >= 4 is 5.91 Å². The fraction of sp³-hybridized carbons (Fsp3) is 0.292. The highest BCUT2D eigenvalue weighted by Gasteiger charge is 2.26. The first kappa shape index (κ1) is 20.8. The summed E-state index contributed by atoms with van der Waals surface area (Å²) in [5.41, 5.74) is 2.53. The van der Waals surface area contributed by atoms with Crippen LogP contribution in [0.2, 0.25) is 0 Å². The number of methoxy groups -OCH3 is 1. The van der Waals surface area contributed by atoms with Gasteiger partial charge in [-0.2, -0.15) is 0 Å². The van der Waals surface area contributed by atoms with E-state index in [1.54, 1.807) is 6.07 Å². The van der Waals surface area contributed by atoms with E-state index in [-0.39, 0.29) is 11.7 Å². The molecule has 1 aliphatic heterocycles. The van der Waals surface area contributed by atoms with Crippen LogP contribution >= 0.6 is 0 Å². The lowest BCUT2D eigenvalue weighted by Gasteiger charge is -2.32. The Morgan fingerprint density at radius 1 is 1.03 bits per heavy atom. The van der Waals surface area contributed by atoms with Gasteiger partial charge in [-0.1, -0.05) is 6.07 Å². The largest absolute Gasteiger partial charge is 0.493 e. The summed E-state index contributed by atoms with van der Waals surface area (Å²) in [6.45, 7) is 3.30. The Morgan fingerprint density at radius 3 is 2.42 bits per heavy atom. The number of carbonyl (C=O) groups is 1. The second-order valence-corrected chi connectivity index (χ2v) is 7.58.